The molecule has 0 saturated carbocycles. The zero-order chi connectivity index (χ0) is 14.1. The van der Waals surface area contributed by atoms with Crippen molar-refractivity contribution in [2.24, 2.45) is 0 Å². The molecule has 1 aliphatic rings. The minimum atomic E-state index is -0.176. The van der Waals surface area contributed by atoms with Gasteiger partial charge in [-0.05, 0) is 31.9 Å². The number of thiazole rings is 1. The molecule has 1 aliphatic carbocycles. The maximum atomic E-state index is 11.9. The minimum Gasteiger partial charge on any atom is -0.465 e. The SMILES string of the molecule is CCOC(=O)C1CCc2sc(-c3ccc(Br)cc3)nc21. The Morgan fingerprint density at radius 2 is 2.20 bits per heavy atom. The third-order valence-electron chi connectivity index (χ3n) is 3.38. The monoisotopic (exact) mass is 351 g/mol. The van der Waals surface area contributed by atoms with E-state index in [2.05, 4.69) is 20.9 Å². The number of carbonyl (C=O) groups is 1. The van der Waals surface area contributed by atoms with Gasteiger partial charge < -0.3 is 4.74 Å². The molecule has 0 aliphatic heterocycles. The lowest BCUT2D eigenvalue weighted by molar-refractivity contribution is -0.145. The van der Waals surface area contributed by atoms with Crippen LogP contribution < -0.4 is 0 Å². The third kappa shape index (κ3) is 2.52. The van der Waals surface area contributed by atoms with Crippen molar-refractivity contribution in [2.45, 2.75) is 25.7 Å². The lowest BCUT2D eigenvalue weighted by Gasteiger charge is -2.07. The van der Waals surface area contributed by atoms with Gasteiger partial charge in [0.2, 0.25) is 0 Å². The van der Waals surface area contributed by atoms with Gasteiger partial charge in [-0.3, -0.25) is 4.79 Å². The average Bonchev–Trinajstić information content (AvgIpc) is 2.99. The van der Waals surface area contributed by atoms with Crippen molar-refractivity contribution in [1.29, 1.82) is 0 Å². The van der Waals surface area contributed by atoms with Crippen molar-refractivity contribution in [3.63, 3.8) is 0 Å². The van der Waals surface area contributed by atoms with E-state index >= 15 is 0 Å². The van der Waals surface area contributed by atoms with Crippen LogP contribution in [0.15, 0.2) is 28.7 Å². The molecule has 0 fully saturated rings. The van der Waals surface area contributed by atoms with Crippen LogP contribution in [0.25, 0.3) is 10.6 Å². The summed E-state index contributed by atoms with van der Waals surface area (Å²) in [5.41, 5.74) is 2.02. The largest absolute Gasteiger partial charge is 0.465 e. The molecule has 1 atom stereocenters. The summed E-state index contributed by atoms with van der Waals surface area (Å²) in [5, 5.41) is 0.983. The summed E-state index contributed by atoms with van der Waals surface area (Å²) in [6, 6.07) is 8.09. The number of esters is 1. The van der Waals surface area contributed by atoms with Gasteiger partial charge in [0, 0.05) is 14.9 Å². The molecule has 1 unspecified atom stereocenters. The maximum Gasteiger partial charge on any atom is 0.315 e. The van der Waals surface area contributed by atoms with Crippen LogP contribution in [0.5, 0.6) is 0 Å². The predicted molar refractivity (Wildman–Crippen MR) is 82.9 cm³/mol. The van der Waals surface area contributed by atoms with Crippen molar-refractivity contribution >= 4 is 33.2 Å². The molecule has 104 valence electrons. The number of fused-ring (bicyclic) bond motifs is 1. The topological polar surface area (TPSA) is 39.2 Å². The number of ether oxygens (including phenoxy) is 1. The van der Waals surface area contributed by atoms with Crippen LogP contribution in [0, 0.1) is 0 Å². The molecule has 5 heteroatoms. The second-order valence-electron chi connectivity index (χ2n) is 4.68. The highest BCUT2D eigenvalue weighted by molar-refractivity contribution is 9.10. The number of rotatable bonds is 3. The highest BCUT2D eigenvalue weighted by Gasteiger charge is 2.33. The van der Waals surface area contributed by atoms with Gasteiger partial charge in [0.05, 0.1) is 12.3 Å². The minimum absolute atomic E-state index is 0.140. The third-order valence-corrected chi connectivity index (χ3v) is 5.09. The van der Waals surface area contributed by atoms with E-state index in [4.69, 9.17) is 4.74 Å². The molecule has 20 heavy (non-hydrogen) atoms. The van der Waals surface area contributed by atoms with Crippen molar-refractivity contribution in [3.05, 3.63) is 39.3 Å². The fourth-order valence-electron chi connectivity index (χ4n) is 2.42. The van der Waals surface area contributed by atoms with Crippen LogP contribution in [-0.4, -0.2) is 17.6 Å². The van der Waals surface area contributed by atoms with Gasteiger partial charge in [-0.15, -0.1) is 11.3 Å². The van der Waals surface area contributed by atoms with Crippen LogP contribution in [-0.2, 0) is 16.0 Å². The summed E-state index contributed by atoms with van der Waals surface area (Å²) in [6.45, 7) is 2.26. The average molecular weight is 352 g/mol. The van der Waals surface area contributed by atoms with Gasteiger partial charge in [0.25, 0.3) is 0 Å². The number of nitrogens with zero attached hydrogens (tertiary/aromatic N) is 1. The Morgan fingerprint density at radius 1 is 1.45 bits per heavy atom. The first-order valence-corrected chi connectivity index (χ1v) is 8.22. The Bertz CT molecular complexity index is 636. The van der Waals surface area contributed by atoms with E-state index in [1.807, 2.05) is 31.2 Å². The van der Waals surface area contributed by atoms with Crippen molar-refractivity contribution in [3.8, 4) is 10.6 Å². The summed E-state index contributed by atoms with van der Waals surface area (Å²) < 4.78 is 6.18. The molecule has 1 aromatic carbocycles. The highest BCUT2D eigenvalue weighted by Crippen LogP contribution is 2.40. The Hall–Kier alpha value is -1.20. The normalized spacial score (nSPS) is 17.0. The van der Waals surface area contributed by atoms with Gasteiger partial charge in [0.15, 0.2) is 0 Å². The van der Waals surface area contributed by atoms with Gasteiger partial charge in [-0.25, -0.2) is 4.98 Å². The summed E-state index contributed by atoms with van der Waals surface area (Å²) in [4.78, 5) is 17.8. The summed E-state index contributed by atoms with van der Waals surface area (Å²) >= 11 is 5.12. The number of hydrogen-bond donors (Lipinski definition) is 0. The molecule has 3 rings (SSSR count). The molecule has 0 amide bonds. The Labute approximate surface area is 130 Å². The number of benzene rings is 1. The van der Waals surface area contributed by atoms with Gasteiger partial charge in [0.1, 0.15) is 10.9 Å². The fraction of sp³-hybridized carbons (Fsp3) is 0.333. The Balaban J connectivity index is 1.90. The second kappa shape index (κ2) is 5.66. The van der Waals surface area contributed by atoms with E-state index in [1.54, 1.807) is 11.3 Å². The molecule has 0 bridgehead atoms. The fourth-order valence-corrected chi connectivity index (χ4v) is 3.82. The molecular formula is C15H14BrNO2S. The van der Waals surface area contributed by atoms with Gasteiger partial charge in [-0.1, -0.05) is 28.1 Å². The zero-order valence-electron chi connectivity index (χ0n) is 11.1. The van der Waals surface area contributed by atoms with Gasteiger partial charge in [-0.2, -0.15) is 0 Å². The van der Waals surface area contributed by atoms with Crippen LogP contribution in [0.3, 0.4) is 0 Å². The molecule has 0 saturated heterocycles. The smallest absolute Gasteiger partial charge is 0.315 e. The molecule has 1 heterocycles. The Morgan fingerprint density at radius 3 is 2.90 bits per heavy atom. The number of halogens is 1. The first-order chi connectivity index (χ1) is 9.69. The number of aryl methyl sites for hydroxylation is 1. The molecule has 2 aromatic rings. The number of aromatic nitrogens is 1. The van der Waals surface area contributed by atoms with Crippen molar-refractivity contribution in [1.82, 2.24) is 4.98 Å². The maximum absolute atomic E-state index is 11.9. The van der Waals surface area contributed by atoms with Crippen molar-refractivity contribution in [2.75, 3.05) is 6.61 Å². The molecular weight excluding hydrogens is 338 g/mol. The van der Waals surface area contributed by atoms with Crippen molar-refractivity contribution < 1.29 is 9.53 Å². The van der Waals surface area contributed by atoms with Crippen LogP contribution in [0.4, 0.5) is 0 Å². The lowest BCUT2D eigenvalue weighted by Crippen LogP contribution is -2.14. The summed E-state index contributed by atoms with van der Waals surface area (Å²) in [5.74, 6) is -0.315. The molecule has 1 aromatic heterocycles. The lowest BCUT2D eigenvalue weighted by atomic mass is 10.1. The molecule has 0 radical (unpaired) electrons. The van der Waals surface area contributed by atoms with Crippen LogP contribution in [0.1, 0.15) is 29.8 Å². The second-order valence-corrected chi connectivity index (χ2v) is 6.68. The first-order valence-electron chi connectivity index (χ1n) is 6.61. The highest BCUT2D eigenvalue weighted by atomic mass is 79.9. The van der Waals surface area contributed by atoms with E-state index in [0.29, 0.717) is 6.61 Å². The van der Waals surface area contributed by atoms with E-state index in [1.165, 1.54) is 4.88 Å². The number of carbonyl (C=O) groups excluding carboxylic acids is 1. The summed E-state index contributed by atoms with van der Waals surface area (Å²) in [7, 11) is 0. The van der Waals surface area contributed by atoms with Gasteiger partial charge >= 0.3 is 5.97 Å². The summed E-state index contributed by atoms with van der Waals surface area (Å²) in [6.07, 6.45) is 1.75. The first kappa shape index (κ1) is 13.8. The molecule has 0 N–H and O–H groups in total. The quantitative estimate of drug-likeness (QED) is 0.779. The standard InChI is InChI=1S/C15H14BrNO2S/c1-2-19-15(18)11-7-8-12-13(11)17-14(20-12)9-3-5-10(16)6-4-9/h3-6,11H,2,7-8H2,1H3. The van der Waals surface area contributed by atoms with Crippen LogP contribution in [0.2, 0.25) is 0 Å². The van der Waals surface area contributed by atoms with E-state index in [0.717, 1.165) is 33.6 Å². The molecule has 0 spiro atoms. The van der Waals surface area contributed by atoms with Crippen LogP contribution >= 0.6 is 27.3 Å². The predicted octanol–water partition coefficient (Wildman–Crippen LogP) is 4.17. The Kier molecular flexibility index (Phi) is 3.89. The van der Waals surface area contributed by atoms with E-state index in [-0.39, 0.29) is 11.9 Å². The van der Waals surface area contributed by atoms with E-state index in [9.17, 15) is 4.79 Å². The number of hydrogen-bond acceptors (Lipinski definition) is 4. The molecule has 3 nitrogen and oxygen atoms in total. The zero-order valence-corrected chi connectivity index (χ0v) is 13.5. The van der Waals surface area contributed by atoms with E-state index < -0.39 is 0 Å².